The van der Waals surface area contributed by atoms with Crippen molar-refractivity contribution in [3.05, 3.63) is 0 Å². The summed E-state index contributed by atoms with van der Waals surface area (Å²) in [6.07, 6.45) is 15.3. The maximum absolute atomic E-state index is 12.5. The molecule has 8 nitrogen and oxygen atoms in total. The van der Waals surface area contributed by atoms with Gasteiger partial charge in [0.2, 0.25) is 0 Å². The first-order chi connectivity index (χ1) is 16.9. The molecule has 0 aromatic rings. The van der Waals surface area contributed by atoms with E-state index < -0.39 is 42.5 Å². The van der Waals surface area contributed by atoms with Crippen LogP contribution in [0.2, 0.25) is 0 Å². The Labute approximate surface area is 216 Å². The van der Waals surface area contributed by atoms with E-state index in [4.69, 9.17) is 31.1 Å². The van der Waals surface area contributed by atoms with Gasteiger partial charge in [-0.1, -0.05) is 90.4 Å². The lowest BCUT2D eigenvalue weighted by Gasteiger charge is -2.17. The van der Waals surface area contributed by atoms with Gasteiger partial charge in [-0.2, -0.15) is 0 Å². The van der Waals surface area contributed by atoms with Crippen LogP contribution in [0.25, 0.3) is 0 Å². The molecule has 0 spiro atoms. The van der Waals surface area contributed by atoms with E-state index in [1.807, 2.05) is 0 Å². The highest BCUT2D eigenvalue weighted by molar-refractivity contribution is 7.92. The maximum atomic E-state index is 12.5. The first kappa shape index (κ1) is 32.9. The summed E-state index contributed by atoms with van der Waals surface area (Å²) in [5, 5.41) is 0. The molecule has 1 aliphatic rings. The van der Waals surface area contributed by atoms with Gasteiger partial charge in [0.05, 0.1) is 23.6 Å². The van der Waals surface area contributed by atoms with Crippen molar-refractivity contribution in [1.82, 2.24) is 0 Å². The van der Waals surface area contributed by atoms with Crippen molar-refractivity contribution in [3.63, 3.8) is 0 Å². The fraction of sp³-hybridized carbons (Fsp3) is 1.00. The van der Waals surface area contributed by atoms with Crippen molar-refractivity contribution in [2.75, 3.05) is 33.7 Å². The van der Waals surface area contributed by atoms with Crippen LogP contribution >= 0.6 is 8.17 Å². The van der Waals surface area contributed by atoms with E-state index in [0.717, 1.165) is 19.3 Å². The minimum atomic E-state index is -3.66. The van der Waals surface area contributed by atoms with E-state index in [2.05, 4.69) is 11.1 Å². The van der Waals surface area contributed by atoms with Gasteiger partial charge in [-0.3, -0.25) is 0 Å². The number of rotatable bonds is 22. The zero-order chi connectivity index (χ0) is 25.9. The quantitative estimate of drug-likeness (QED) is 0.0969. The highest BCUT2D eigenvalue weighted by Gasteiger charge is 2.48. The molecule has 35 heavy (non-hydrogen) atoms. The topological polar surface area (TPSA) is 92.7 Å². The van der Waals surface area contributed by atoms with Gasteiger partial charge < -0.3 is 14.2 Å². The average molecular weight is 537 g/mol. The molecule has 204 valence electrons. The van der Waals surface area contributed by atoms with Crippen molar-refractivity contribution in [2.24, 2.45) is 4.15 Å². The van der Waals surface area contributed by atoms with Crippen LogP contribution in [0, 0.1) is 0 Å². The Bertz CT molecular complexity index is 668. The second kappa shape index (κ2) is 20.0. The third-order valence-corrected chi connectivity index (χ3v) is 9.33. The lowest BCUT2D eigenvalue weighted by Crippen LogP contribution is -2.37. The molecule has 0 aliphatic carbocycles. The summed E-state index contributed by atoms with van der Waals surface area (Å²) in [5.74, 6) is -0.00747. The molecule has 5 atom stereocenters. The van der Waals surface area contributed by atoms with Gasteiger partial charge in [-0.15, -0.1) is 9.05 Å². The molecule has 0 saturated carbocycles. The van der Waals surface area contributed by atoms with Crippen LogP contribution < -0.4 is 0 Å². The molecule has 1 heterocycles. The van der Waals surface area contributed by atoms with E-state index in [-0.39, 0.29) is 12.4 Å². The number of sulfonamides is 1. The van der Waals surface area contributed by atoms with Crippen LogP contribution in [0.5, 0.6) is 0 Å². The summed E-state index contributed by atoms with van der Waals surface area (Å²) >= 11 is 0. The van der Waals surface area contributed by atoms with Gasteiger partial charge in [-0.05, 0) is 6.42 Å². The number of nitrogens with zero attached hydrogens (tertiary/aromatic N) is 1. The standard InChI is InChI=1S/C24H48BNO7PS/c1-5-6-7-8-9-10-11-12-13-14-15-16-17-18-19-35(27,28)26-34(31-4)33-22-21(20-29-2)32-24(25)23(22)30-3/h21-24H,5-20H2,1-4H3/q+1/t21-,22?,23+,24-/m1/s1. The van der Waals surface area contributed by atoms with Crippen molar-refractivity contribution in [3.8, 4) is 0 Å². The highest BCUT2D eigenvalue weighted by Crippen LogP contribution is 2.37. The Morgan fingerprint density at radius 3 is 1.80 bits per heavy atom. The summed E-state index contributed by atoms with van der Waals surface area (Å²) < 4.78 is 56.1. The zero-order valence-corrected chi connectivity index (χ0v) is 24.1. The van der Waals surface area contributed by atoms with Gasteiger partial charge >= 0.3 is 8.17 Å². The van der Waals surface area contributed by atoms with Gasteiger partial charge in [0.15, 0.2) is 6.10 Å². The summed E-state index contributed by atoms with van der Waals surface area (Å²) in [6, 6.07) is -0.703. The van der Waals surface area contributed by atoms with E-state index in [0.29, 0.717) is 6.42 Å². The molecule has 2 radical (unpaired) electrons. The number of ether oxygens (including phenoxy) is 3. The molecule has 11 heteroatoms. The van der Waals surface area contributed by atoms with Gasteiger partial charge in [0.25, 0.3) is 10.0 Å². The zero-order valence-electron chi connectivity index (χ0n) is 22.4. The fourth-order valence-electron chi connectivity index (χ4n) is 4.27. The second-order valence-electron chi connectivity index (χ2n) is 9.25. The monoisotopic (exact) mass is 536 g/mol. The largest absolute Gasteiger partial charge is 0.577 e. The van der Waals surface area contributed by atoms with Crippen LogP contribution in [0.4, 0.5) is 0 Å². The van der Waals surface area contributed by atoms with Crippen LogP contribution in [-0.2, 0) is 33.3 Å². The first-order valence-corrected chi connectivity index (χ1v) is 16.0. The lowest BCUT2D eigenvalue weighted by atomic mass is 9.93. The molecule has 2 unspecified atom stereocenters. The Morgan fingerprint density at radius 1 is 0.829 bits per heavy atom. The Morgan fingerprint density at radius 2 is 1.34 bits per heavy atom. The molecule has 0 aromatic carbocycles. The second-order valence-corrected chi connectivity index (χ2v) is 12.5. The molecular formula is C24H48BNO7PS+. The SMILES string of the molecule is [B][C@@H]1O[C@H](COC)C(O[P+](=NS(=O)(=O)CCCCCCCCCCCCCCCC)OC)[C@@H]1OC. The van der Waals surface area contributed by atoms with E-state index in [1.54, 1.807) is 0 Å². The van der Waals surface area contributed by atoms with Gasteiger partial charge in [0, 0.05) is 20.2 Å². The van der Waals surface area contributed by atoms with Crippen molar-refractivity contribution in [2.45, 2.75) is 121 Å². The Kier molecular flexibility index (Phi) is 18.8. The highest BCUT2D eigenvalue weighted by atomic mass is 32.2. The minimum Gasteiger partial charge on any atom is -0.382 e. The Hall–Kier alpha value is -0.0851. The number of unbranched alkanes of at least 4 members (excludes halogenated alkanes) is 13. The van der Waals surface area contributed by atoms with Crippen molar-refractivity contribution >= 4 is 26.0 Å². The minimum absolute atomic E-state index is 0.00747. The third-order valence-electron chi connectivity index (χ3n) is 6.26. The fourth-order valence-corrected chi connectivity index (χ4v) is 6.95. The number of methoxy groups -OCH3 is 2. The van der Waals surface area contributed by atoms with E-state index in [9.17, 15) is 8.42 Å². The van der Waals surface area contributed by atoms with Crippen LogP contribution in [0.3, 0.4) is 0 Å². The molecule has 0 aromatic heterocycles. The summed E-state index contributed by atoms with van der Waals surface area (Å²) in [4.78, 5) is 0. The van der Waals surface area contributed by atoms with E-state index in [1.165, 1.54) is 85.5 Å². The molecule has 0 bridgehead atoms. The molecular weight excluding hydrogens is 488 g/mol. The van der Waals surface area contributed by atoms with Crippen LogP contribution in [0.15, 0.2) is 4.15 Å². The number of hydrogen-bond acceptors (Lipinski definition) is 7. The molecule has 0 amide bonds. The van der Waals surface area contributed by atoms with Crippen molar-refractivity contribution in [1.29, 1.82) is 0 Å². The van der Waals surface area contributed by atoms with E-state index >= 15 is 0 Å². The predicted octanol–water partition coefficient (Wildman–Crippen LogP) is 5.88. The Balaban J connectivity index is 2.27. The molecule has 0 N–H and O–H groups in total. The van der Waals surface area contributed by atoms with Gasteiger partial charge in [0.1, 0.15) is 20.1 Å². The maximum Gasteiger partial charge on any atom is 0.577 e. The molecule has 1 fully saturated rings. The summed E-state index contributed by atoms with van der Waals surface area (Å²) in [5.41, 5.74) is 0. The van der Waals surface area contributed by atoms with Crippen molar-refractivity contribution < 1.29 is 31.7 Å². The summed E-state index contributed by atoms with van der Waals surface area (Å²) in [7, 11) is 4.68. The molecule has 1 rings (SSSR count). The lowest BCUT2D eigenvalue weighted by molar-refractivity contribution is -0.0127. The average Bonchev–Trinajstić information content (AvgIpc) is 3.12. The number of hydrogen-bond donors (Lipinski definition) is 0. The smallest absolute Gasteiger partial charge is 0.382 e. The van der Waals surface area contributed by atoms with Crippen LogP contribution in [-0.4, -0.2) is 74.3 Å². The normalized spacial score (nSPS) is 23.3. The molecule has 1 aliphatic heterocycles. The summed E-state index contributed by atoms with van der Waals surface area (Å²) in [6.45, 7) is 2.48. The first-order valence-electron chi connectivity index (χ1n) is 13.3. The predicted molar refractivity (Wildman–Crippen MR) is 142 cm³/mol. The molecule has 1 saturated heterocycles. The van der Waals surface area contributed by atoms with Gasteiger partial charge in [-0.25, -0.2) is 8.42 Å². The van der Waals surface area contributed by atoms with Crippen LogP contribution in [0.1, 0.15) is 96.8 Å². The third kappa shape index (κ3) is 14.4.